The highest BCUT2D eigenvalue weighted by molar-refractivity contribution is 5.80. The van der Waals surface area contributed by atoms with Crippen molar-refractivity contribution in [3.05, 3.63) is 0 Å². The summed E-state index contributed by atoms with van der Waals surface area (Å²) in [6, 6.07) is 0. The molecule has 0 N–H and O–H groups in total. The van der Waals surface area contributed by atoms with E-state index in [1.54, 1.807) is 0 Å². The Morgan fingerprint density at radius 1 is 0.905 bits per heavy atom. The topological polar surface area (TPSA) is 52.6 Å². The molecule has 4 nitrogen and oxygen atoms in total. The fourth-order valence-corrected chi connectivity index (χ4v) is 1.61. The third kappa shape index (κ3) is 11.3. The Morgan fingerprint density at radius 3 is 1.81 bits per heavy atom. The molecule has 0 saturated carbocycles. The fraction of sp³-hybridized carbons (Fsp3) is 0.882. The minimum absolute atomic E-state index is 0.0668. The first-order valence-electron chi connectivity index (χ1n) is 7.77. The number of hydrogen-bond acceptors (Lipinski definition) is 4. The van der Waals surface area contributed by atoms with Crippen LogP contribution in [-0.4, -0.2) is 25.2 Å². The lowest BCUT2D eigenvalue weighted by molar-refractivity contribution is -0.158. The SMILES string of the molecule is CCCC(CC(=O)OCC(C)(C)C)C(=O)OCC(C)(C)C. The Bertz CT molecular complexity index is 334. The maximum Gasteiger partial charge on any atom is 0.309 e. The molecule has 0 fully saturated rings. The van der Waals surface area contributed by atoms with E-state index in [9.17, 15) is 9.59 Å². The van der Waals surface area contributed by atoms with Gasteiger partial charge >= 0.3 is 11.9 Å². The molecule has 0 bridgehead atoms. The molecule has 0 aromatic rings. The lowest BCUT2D eigenvalue weighted by atomic mass is 9.97. The summed E-state index contributed by atoms with van der Waals surface area (Å²) in [5.41, 5.74) is -0.137. The monoisotopic (exact) mass is 300 g/mol. The Morgan fingerprint density at radius 2 is 1.38 bits per heavy atom. The summed E-state index contributed by atoms with van der Waals surface area (Å²) in [5.74, 6) is -1.01. The molecule has 0 heterocycles. The first kappa shape index (κ1) is 19.9. The summed E-state index contributed by atoms with van der Waals surface area (Å²) in [7, 11) is 0. The van der Waals surface area contributed by atoms with Crippen molar-refractivity contribution in [2.24, 2.45) is 16.7 Å². The molecule has 1 unspecified atom stereocenters. The molecular formula is C17H32O4. The van der Waals surface area contributed by atoms with Crippen molar-refractivity contribution in [2.45, 2.75) is 67.7 Å². The second kappa shape index (κ2) is 8.40. The predicted molar refractivity (Wildman–Crippen MR) is 83.8 cm³/mol. The van der Waals surface area contributed by atoms with Crippen LogP contribution in [0.4, 0.5) is 0 Å². The van der Waals surface area contributed by atoms with E-state index < -0.39 is 5.92 Å². The number of hydrogen-bond donors (Lipinski definition) is 0. The highest BCUT2D eigenvalue weighted by Crippen LogP contribution is 2.19. The van der Waals surface area contributed by atoms with Gasteiger partial charge in [0.25, 0.3) is 0 Å². The van der Waals surface area contributed by atoms with E-state index in [4.69, 9.17) is 9.47 Å². The Labute approximate surface area is 129 Å². The Balaban J connectivity index is 4.40. The van der Waals surface area contributed by atoms with Crippen molar-refractivity contribution in [3.8, 4) is 0 Å². The molecule has 0 aromatic heterocycles. The van der Waals surface area contributed by atoms with Crippen LogP contribution in [0.1, 0.15) is 67.7 Å². The molecule has 4 heteroatoms. The number of rotatable bonds is 7. The van der Waals surface area contributed by atoms with Crippen LogP contribution < -0.4 is 0 Å². The normalized spacial score (nSPS) is 13.7. The molecule has 124 valence electrons. The van der Waals surface area contributed by atoms with Gasteiger partial charge in [-0.2, -0.15) is 0 Å². The minimum atomic E-state index is -0.398. The van der Waals surface area contributed by atoms with Crippen molar-refractivity contribution in [1.82, 2.24) is 0 Å². The molecule has 0 aliphatic carbocycles. The standard InChI is InChI=1S/C17H32O4/c1-8-9-13(15(19)21-12-17(5,6)7)10-14(18)20-11-16(2,3)4/h13H,8-12H2,1-7H3. The van der Waals surface area contributed by atoms with E-state index in [2.05, 4.69) is 0 Å². The summed E-state index contributed by atoms with van der Waals surface area (Å²) in [4.78, 5) is 23.9. The average molecular weight is 300 g/mol. The molecule has 0 spiro atoms. The molecule has 0 radical (unpaired) electrons. The van der Waals surface area contributed by atoms with Crippen LogP contribution in [0.15, 0.2) is 0 Å². The molecule has 0 saturated heterocycles. The number of carbonyl (C=O) groups excluding carboxylic acids is 2. The van der Waals surface area contributed by atoms with E-state index in [1.165, 1.54) is 0 Å². The van der Waals surface area contributed by atoms with Crippen molar-refractivity contribution in [2.75, 3.05) is 13.2 Å². The van der Waals surface area contributed by atoms with Crippen molar-refractivity contribution in [3.63, 3.8) is 0 Å². The third-order valence-corrected chi connectivity index (χ3v) is 2.70. The maximum atomic E-state index is 12.1. The van der Waals surface area contributed by atoms with Gasteiger partial charge < -0.3 is 9.47 Å². The van der Waals surface area contributed by atoms with Crippen LogP contribution in [0.3, 0.4) is 0 Å². The third-order valence-electron chi connectivity index (χ3n) is 2.70. The Kier molecular flexibility index (Phi) is 7.98. The fourth-order valence-electron chi connectivity index (χ4n) is 1.61. The van der Waals surface area contributed by atoms with Crippen LogP contribution in [0, 0.1) is 16.7 Å². The van der Waals surface area contributed by atoms with Crippen molar-refractivity contribution >= 4 is 11.9 Å². The lowest BCUT2D eigenvalue weighted by Crippen LogP contribution is -2.27. The zero-order valence-corrected chi connectivity index (χ0v) is 14.7. The van der Waals surface area contributed by atoms with Gasteiger partial charge in [0, 0.05) is 0 Å². The first-order chi connectivity index (χ1) is 9.44. The van der Waals surface area contributed by atoms with Gasteiger partial charge in [-0.15, -0.1) is 0 Å². The van der Waals surface area contributed by atoms with Crippen LogP contribution >= 0.6 is 0 Å². The van der Waals surface area contributed by atoms with Crippen molar-refractivity contribution in [1.29, 1.82) is 0 Å². The van der Waals surface area contributed by atoms with E-state index in [1.807, 2.05) is 48.5 Å². The average Bonchev–Trinajstić information content (AvgIpc) is 2.31. The highest BCUT2D eigenvalue weighted by atomic mass is 16.5. The molecule has 21 heavy (non-hydrogen) atoms. The quantitative estimate of drug-likeness (QED) is 0.668. The summed E-state index contributed by atoms with van der Waals surface area (Å²) in [6.07, 6.45) is 1.59. The second-order valence-electron chi connectivity index (χ2n) is 8.08. The second-order valence-corrected chi connectivity index (χ2v) is 8.08. The van der Waals surface area contributed by atoms with Crippen LogP contribution in [0.5, 0.6) is 0 Å². The first-order valence-corrected chi connectivity index (χ1v) is 7.77. The molecule has 1 atom stereocenters. The molecule has 0 amide bonds. The molecular weight excluding hydrogens is 268 g/mol. The van der Waals surface area contributed by atoms with E-state index in [0.29, 0.717) is 19.6 Å². The number of carbonyl (C=O) groups is 2. The summed E-state index contributed by atoms with van der Waals surface area (Å²) in [6.45, 7) is 14.7. The lowest BCUT2D eigenvalue weighted by Gasteiger charge is -2.22. The van der Waals surface area contributed by atoms with E-state index in [-0.39, 0.29) is 29.2 Å². The molecule has 0 aromatic carbocycles. The number of esters is 2. The molecule has 0 rings (SSSR count). The van der Waals surface area contributed by atoms with Crippen LogP contribution in [-0.2, 0) is 19.1 Å². The summed E-state index contributed by atoms with van der Waals surface area (Å²) < 4.78 is 10.6. The van der Waals surface area contributed by atoms with Crippen molar-refractivity contribution < 1.29 is 19.1 Å². The van der Waals surface area contributed by atoms with Gasteiger partial charge in [0.2, 0.25) is 0 Å². The molecule has 0 aliphatic rings. The van der Waals surface area contributed by atoms with Gasteiger partial charge in [-0.3, -0.25) is 9.59 Å². The van der Waals surface area contributed by atoms with Gasteiger partial charge in [0.15, 0.2) is 0 Å². The minimum Gasteiger partial charge on any atom is -0.465 e. The van der Waals surface area contributed by atoms with Crippen LogP contribution in [0.25, 0.3) is 0 Å². The van der Waals surface area contributed by atoms with E-state index in [0.717, 1.165) is 6.42 Å². The van der Waals surface area contributed by atoms with Gasteiger partial charge in [0.05, 0.1) is 25.6 Å². The maximum absolute atomic E-state index is 12.1. The zero-order chi connectivity index (χ0) is 16.7. The van der Waals surface area contributed by atoms with Gasteiger partial charge in [-0.05, 0) is 17.3 Å². The van der Waals surface area contributed by atoms with Crippen LogP contribution in [0.2, 0.25) is 0 Å². The smallest absolute Gasteiger partial charge is 0.309 e. The zero-order valence-electron chi connectivity index (χ0n) is 14.7. The predicted octanol–water partition coefficient (Wildman–Crippen LogP) is 3.97. The molecule has 0 aliphatic heterocycles. The van der Waals surface area contributed by atoms with Gasteiger partial charge in [-0.1, -0.05) is 54.9 Å². The summed E-state index contributed by atoms with van der Waals surface area (Å²) in [5, 5.41) is 0. The van der Waals surface area contributed by atoms with Gasteiger partial charge in [-0.25, -0.2) is 0 Å². The number of ether oxygens (including phenoxy) is 2. The largest absolute Gasteiger partial charge is 0.465 e. The van der Waals surface area contributed by atoms with Gasteiger partial charge in [0.1, 0.15) is 0 Å². The summed E-state index contributed by atoms with van der Waals surface area (Å²) >= 11 is 0. The van der Waals surface area contributed by atoms with E-state index >= 15 is 0 Å². The Hall–Kier alpha value is -1.06. The highest BCUT2D eigenvalue weighted by Gasteiger charge is 2.25.